The van der Waals surface area contributed by atoms with Gasteiger partial charge in [-0.05, 0) is 40.2 Å². The molecule has 2 rings (SSSR count). The van der Waals surface area contributed by atoms with Crippen LogP contribution in [0.25, 0.3) is 0 Å². The molecule has 0 N–H and O–H groups in total. The molecule has 0 saturated carbocycles. The average Bonchev–Trinajstić information content (AvgIpc) is 2.39. The zero-order valence-corrected chi connectivity index (χ0v) is 12.3. The van der Waals surface area contributed by atoms with Crippen molar-refractivity contribution in [2.75, 3.05) is 0 Å². The summed E-state index contributed by atoms with van der Waals surface area (Å²) in [7, 11) is -4.18. The Kier molecular flexibility index (Phi) is 4.19. The van der Waals surface area contributed by atoms with Gasteiger partial charge in [-0.2, -0.15) is 0 Å². The van der Waals surface area contributed by atoms with Crippen molar-refractivity contribution in [1.29, 1.82) is 0 Å². The van der Waals surface area contributed by atoms with Crippen LogP contribution in [0.2, 0.25) is 0 Å². The molecule has 106 valence electrons. The van der Waals surface area contributed by atoms with E-state index >= 15 is 0 Å². The molecule has 2 aromatic carbocycles. The Morgan fingerprint density at radius 2 is 1.60 bits per heavy atom. The molecular weight excluding hydrogens is 357 g/mol. The summed E-state index contributed by atoms with van der Waals surface area (Å²) in [5, 5.41) is 0. The molecule has 0 aliphatic heterocycles. The van der Waals surface area contributed by atoms with Crippen LogP contribution in [0.3, 0.4) is 0 Å². The molecule has 0 radical (unpaired) electrons. The first-order valence-corrected chi connectivity index (χ1v) is 7.87. The van der Waals surface area contributed by atoms with E-state index in [4.69, 9.17) is 0 Å². The third-order valence-electron chi connectivity index (χ3n) is 2.64. The second kappa shape index (κ2) is 5.57. The molecule has 0 aromatic heterocycles. The van der Waals surface area contributed by atoms with Crippen LogP contribution in [0, 0.1) is 17.5 Å². The molecule has 0 aliphatic carbocycles. The molecule has 2 nitrogen and oxygen atoms in total. The number of sulfone groups is 1. The molecule has 7 heteroatoms. The maximum Gasteiger partial charge on any atom is 0.185 e. The van der Waals surface area contributed by atoms with E-state index in [0.29, 0.717) is 0 Å². The fourth-order valence-corrected chi connectivity index (χ4v) is 3.49. The second-order valence-corrected chi connectivity index (χ2v) is 6.82. The predicted octanol–water partition coefficient (Wildman–Crippen LogP) is 3.84. The SMILES string of the molecule is O=S(=O)(Cc1c(F)ccc(Br)c1F)c1ccccc1F. The Bertz CT molecular complexity index is 760. The summed E-state index contributed by atoms with van der Waals surface area (Å²) in [4.78, 5) is -0.584. The minimum absolute atomic E-state index is 0.0577. The summed E-state index contributed by atoms with van der Waals surface area (Å²) >= 11 is 2.85. The van der Waals surface area contributed by atoms with Crippen LogP contribution in [0.1, 0.15) is 5.56 Å². The largest absolute Gasteiger partial charge is 0.223 e. The van der Waals surface area contributed by atoms with E-state index in [1.165, 1.54) is 12.1 Å². The van der Waals surface area contributed by atoms with E-state index in [-0.39, 0.29) is 4.47 Å². The van der Waals surface area contributed by atoms with E-state index < -0.39 is 43.5 Å². The van der Waals surface area contributed by atoms with Gasteiger partial charge in [-0.15, -0.1) is 0 Å². The fourth-order valence-electron chi connectivity index (χ4n) is 1.67. The topological polar surface area (TPSA) is 34.1 Å². The molecule has 0 atom stereocenters. The van der Waals surface area contributed by atoms with Crippen molar-refractivity contribution in [3.63, 3.8) is 0 Å². The van der Waals surface area contributed by atoms with Gasteiger partial charge in [-0.25, -0.2) is 21.6 Å². The molecular formula is C13H8BrF3O2S. The lowest BCUT2D eigenvalue weighted by Gasteiger charge is -2.08. The highest BCUT2D eigenvalue weighted by Crippen LogP contribution is 2.26. The van der Waals surface area contributed by atoms with Crippen molar-refractivity contribution >= 4 is 25.8 Å². The standard InChI is InChI=1S/C13H8BrF3O2S/c14-9-5-6-10(15)8(13(9)17)7-20(18,19)12-4-2-1-3-11(12)16/h1-6H,7H2. The third kappa shape index (κ3) is 2.88. The monoisotopic (exact) mass is 364 g/mol. The fraction of sp³-hybridized carbons (Fsp3) is 0.0769. The molecule has 0 bridgehead atoms. The van der Waals surface area contributed by atoms with Gasteiger partial charge in [-0.3, -0.25) is 0 Å². The average molecular weight is 365 g/mol. The summed E-state index contributed by atoms with van der Waals surface area (Å²) in [6, 6.07) is 6.76. The molecule has 20 heavy (non-hydrogen) atoms. The summed E-state index contributed by atoms with van der Waals surface area (Å²) in [6.45, 7) is 0. The normalized spacial score (nSPS) is 11.6. The molecule has 0 amide bonds. The second-order valence-electron chi connectivity index (χ2n) is 4.01. The molecule has 0 spiro atoms. The van der Waals surface area contributed by atoms with Gasteiger partial charge in [0.25, 0.3) is 0 Å². The number of halogens is 4. The third-order valence-corrected chi connectivity index (χ3v) is 4.93. The molecule has 0 unspecified atom stereocenters. The summed E-state index contributed by atoms with van der Waals surface area (Å²) < 4.78 is 64.9. The van der Waals surface area contributed by atoms with E-state index in [9.17, 15) is 21.6 Å². The van der Waals surface area contributed by atoms with Crippen LogP contribution in [0.5, 0.6) is 0 Å². The first kappa shape index (κ1) is 15.1. The highest BCUT2D eigenvalue weighted by Gasteiger charge is 2.24. The number of hydrogen-bond acceptors (Lipinski definition) is 2. The smallest absolute Gasteiger partial charge is 0.185 e. The van der Waals surface area contributed by atoms with E-state index in [1.54, 1.807) is 0 Å². The van der Waals surface area contributed by atoms with Crippen molar-refractivity contribution in [2.24, 2.45) is 0 Å². The maximum atomic E-state index is 13.8. The zero-order valence-electron chi connectivity index (χ0n) is 9.91. The Morgan fingerprint density at radius 3 is 2.25 bits per heavy atom. The quantitative estimate of drug-likeness (QED) is 0.775. The lowest BCUT2D eigenvalue weighted by atomic mass is 10.2. The Balaban J connectivity index is 2.50. The van der Waals surface area contributed by atoms with Crippen LogP contribution in [-0.2, 0) is 15.6 Å². The Morgan fingerprint density at radius 1 is 0.950 bits per heavy atom. The van der Waals surface area contributed by atoms with Gasteiger partial charge in [0.15, 0.2) is 9.84 Å². The van der Waals surface area contributed by atoms with Crippen LogP contribution < -0.4 is 0 Å². The van der Waals surface area contributed by atoms with Crippen molar-refractivity contribution in [3.8, 4) is 0 Å². The van der Waals surface area contributed by atoms with Gasteiger partial charge in [0.05, 0.1) is 10.2 Å². The van der Waals surface area contributed by atoms with Crippen molar-refractivity contribution in [1.82, 2.24) is 0 Å². The maximum absolute atomic E-state index is 13.8. The lowest BCUT2D eigenvalue weighted by molar-refractivity contribution is 0.546. The molecule has 0 saturated heterocycles. The molecule has 2 aromatic rings. The number of rotatable bonds is 3. The van der Waals surface area contributed by atoms with Gasteiger partial charge in [0, 0.05) is 5.56 Å². The molecule has 0 heterocycles. The van der Waals surface area contributed by atoms with Crippen molar-refractivity contribution in [2.45, 2.75) is 10.6 Å². The van der Waals surface area contributed by atoms with Crippen LogP contribution in [0.4, 0.5) is 13.2 Å². The first-order chi connectivity index (χ1) is 9.33. The molecule has 0 fully saturated rings. The molecule has 0 aliphatic rings. The number of benzene rings is 2. The van der Waals surface area contributed by atoms with E-state index in [2.05, 4.69) is 15.9 Å². The summed E-state index contributed by atoms with van der Waals surface area (Å²) in [5.74, 6) is -3.91. The highest BCUT2D eigenvalue weighted by atomic mass is 79.9. The Hall–Kier alpha value is -1.34. The van der Waals surface area contributed by atoms with E-state index in [1.807, 2.05) is 0 Å². The van der Waals surface area contributed by atoms with Gasteiger partial charge >= 0.3 is 0 Å². The van der Waals surface area contributed by atoms with Crippen molar-refractivity contribution in [3.05, 3.63) is 63.9 Å². The lowest BCUT2D eigenvalue weighted by Crippen LogP contribution is -2.10. The van der Waals surface area contributed by atoms with Gasteiger partial charge in [0.1, 0.15) is 22.3 Å². The highest BCUT2D eigenvalue weighted by molar-refractivity contribution is 9.10. The summed E-state index contributed by atoms with van der Waals surface area (Å²) in [5.41, 5.74) is -0.623. The minimum Gasteiger partial charge on any atom is -0.223 e. The van der Waals surface area contributed by atoms with Crippen LogP contribution in [0.15, 0.2) is 45.8 Å². The first-order valence-electron chi connectivity index (χ1n) is 5.42. The Labute approximate surface area is 122 Å². The number of hydrogen-bond donors (Lipinski definition) is 0. The minimum atomic E-state index is -4.18. The zero-order chi connectivity index (χ0) is 14.9. The van der Waals surface area contributed by atoms with Gasteiger partial charge in [-0.1, -0.05) is 12.1 Å². The van der Waals surface area contributed by atoms with E-state index in [0.717, 1.165) is 24.3 Å². The van der Waals surface area contributed by atoms with Crippen LogP contribution in [-0.4, -0.2) is 8.42 Å². The van der Waals surface area contributed by atoms with Gasteiger partial charge < -0.3 is 0 Å². The summed E-state index contributed by atoms with van der Waals surface area (Å²) in [6.07, 6.45) is 0. The van der Waals surface area contributed by atoms with Gasteiger partial charge in [0.2, 0.25) is 0 Å². The predicted molar refractivity (Wildman–Crippen MR) is 71.3 cm³/mol. The van der Waals surface area contributed by atoms with Crippen LogP contribution >= 0.6 is 15.9 Å². The van der Waals surface area contributed by atoms with Crippen molar-refractivity contribution < 1.29 is 21.6 Å².